The lowest BCUT2D eigenvalue weighted by Crippen LogP contribution is -2.41. The monoisotopic (exact) mass is 674 g/mol. The first kappa shape index (κ1) is 35.6. The molecule has 0 aliphatic carbocycles. The number of nitrogens with zero attached hydrogens (tertiary/aromatic N) is 4. The molecular weight excluding hydrogens is 639 g/mol. The summed E-state index contributed by atoms with van der Waals surface area (Å²) < 4.78 is 27.6. The Bertz CT molecular complexity index is 1360. The highest BCUT2D eigenvalue weighted by atomic mass is 79.9. The SMILES string of the molecule is COc1cc(B2OC(C)(C)C(C)(C)O2)ccn1.COc1cc(Br)ccn1.COc1cc(N)ccn1.Nc1ccnc(Cl)c1. The molecule has 4 aromatic rings. The molecule has 5 rings (SSSR count). The van der Waals surface area contributed by atoms with Crippen LogP contribution in [0, 0.1) is 0 Å². The van der Waals surface area contributed by atoms with Crippen LogP contribution in [0.1, 0.15) is 27.7 Å². The van der Waals surface area contributed by atoms with Gasteiger partial charge < -0.3 is 35.0 Å². The minimum absolute atomic E-state index is 0.325. The topological polar surface area (TPSA) is 150 Å². The number of rotatable bonds is 4. The van der Waals surface area contributed by atoms with Gasteiger partial charge in [0.25, 0.3) is 0 Å². The Kier molecular flexibility index (Phi) is 13.9. The van der Waals surface area contributed by atoms with Gasteiger partial charge in [0.1, 0.15) is 5.15 Å². The van der Waals surface area contributed by atoms with Crippen molar-refractivity contribution in [2.45, 2.75) is 38.9 Å². The second kappa shape index (κ2) is 16.9. The van der Waals surface area contributed by atoms with E-state index in [1.54, 1.807) is 76.4 Å². The first-order chi connectivity index (χ1) is 20.3. The standard InChI is InChI=1S/C12H18BNO3.C6H6BrNO.C6H8N2O.C5H5ClN2/c1-11(2)12(3,4)17-13(16-11)9-6-7-14-10(8-9)15-5;2*1-9-6-4-5(7)2-3-8-6;6-5-3-4(7)1-2-8-5/h6-8H,1-5H3;2-4H,1H3;2-4H,1H3,(H2,7,8);1-3H,(H2,7,8). The molecule has 11 nitrogen and oxygen atoms in total. The molecule has 0 aromatic carbocycles. The number of aromatic nitrogens is 4. The maximum atomic E-state index is 5.94. The van der Waals surface area contributed by atoms with Crippen molar-refractivity contribution in [1.82, 2.24) is 19.9 Å². The zero-order valence-corrected chi connectivity index (χ0v) is 27.6. The lowest BCUT2D eigenvalue weighted by atomic mass is 9.80. The number of halogens is 2. The molecule has 1 saturated heterocycles. The molecule has 14 heteroatoms. The molecule has 1 aliphatic heterocycles. The van der Waals surface area contributed by atoms with Gasteiger partial charge in [-0.05, 0) is 63.5 Å². The van der Waals surface area contributed by atoms with Crippen LogP contribution >= 0.6 is 27.5 Å². The lowest BCUT2D eigenvalue weighted by molar-refractivity contribution is 0.00578. The fraction of sp³-hybridized carbons (Fsp3) is 0.310. The van der Waals surface area contributed by atoms with Gasteiger partial charge >= 0.3 is 7.12 Å². The van der Waals surface area contributed by atoms with Gasteiger partial charge in [-0.25, -0.2) is 19.9 Å². The van der Waals surface area contributed by atoms with E-state index >= 15 is 0 Å². The van der Waals surface area contributed by atoms with E-state index in [1.807, 2.05) is 45.9 Å². The summed E-state index contributed by atoms with van der Waals surface area (Å²) >= 11 is 8.74. The lowest BCUT2D eigenvalue weighted by Gasteiger charge is -2.32. The van der Waals surface area contributed by atoms with Crippen molar-refractivity contribution in [1.29, 1.82) is 0 Å². The van der Waals surface area contributed by atoms with Gasteiger partial charge in [-0.2, -0.15) is 0 Å². The van der Waals surface area contributed by atoms with Crippen molar-refractivity contribution in [3.8, 4) is 17.6 Å². The highest BCUT2D eigenvalue weighted by Crippen LogP contribution is 2.36. The van der Waals surface area contributed by atoms with E-state index < -0.39 is 0 Å². The van der Waals surface area contributed by atoms with Crippen LogP contribution in [0.3, 0.4) is 0 Å². The third-order valence-electron chi connectivity index (χ3n) is 6.12. The number of anilines is 2. The summed E-state index contributed by atoms with van der Waals surface area (Å²) in [6.07, 6.45) is 6.55. The number of ether oxygens (including phenoxy) is 3. The van der Waals surface area contributed by atoms with Crippen LogP contribution in [0.4, 0.5) is 11.4 Å². The van der Waals surface area contributed by atoms with E-state index in [9.17, 15) is 0 Å². The number of nitrogens with two attached hydrogens (primary N) is 2. The zero-order valence-electron chi connectivity index (χ0n) is 25.2. The maximum absolute atomic E-state index is 5.94. The van der Waals surface area contributed by atoms with Crippen LogP contribution in [0.25, 0.3) is 0 Å². The van der Waals surface area contributed by atoms with E-state index in [0.29, 0.717) is 34.2 Å². The largest absolute Gasteiger partial charge is 0.495 e. The van der Waals surface area contributed by atoms with Crippen molar-refractivity contribution in [2.24, 2.45) is 0 Å². The van der Waals surface area contributed by atoms with Crippen molar-refractivity contribution in [2.75, 3.05) is 32.8 Å². The number of hydrogen-bond donors (Lipinski definition) is 2. The van der Waals surface area contributed by atoms with Crippen molar-refractivity contribution in [3.05, 3.63) is 82.9 Å². The molecule has 5 heterocycles. The summed E-state index contributed by atoms with van der Waals surface area (Å²) in [6, 6.07) is 14.0. The van der Waals surface area contributed by atoms with Gasteiger partial charge in [0.05, 0.1) is 32.5 Å². The second-order valence-electron chi connectivity index (χ2n) is 9.78. The van der Waals surface area contributed by atoms with E-state index in [1.165, 1.54) is 0 Å². The van der Waals surface area contributed by atoms with E-state index in [0.717, 1.165) is 9.94 Å². The molecule has 0 spiro atoms. The van der Waals surface area contributed by atoms with Crippen molar-refractivity contribution in [3.63, 3.8) is 0 Å². The third kappa shape index (κ3) is 11.9. The Labute approximate surface area is 266 Å². The molecule has 4 N–H and O–H groups in total. The van der Waals surface area contributed by atoms with E-state index in [2.05, 4.69) is 35.9 Å². The molecule has 0 amide bonds. The Hall–Kier alpha value is -3.65. The Balaban J connectivity index is 0.000000213. The van der Waals surface area contributed by atoms with E-state index in [4.69, 9.17) is 46.6 Å². The molecule has 0 unspecified atom stereocenters. The van der Waals surface area contributed by atoms with Gasteiger partial charge in [0.2, 0.25) is 17.6 Å². The summed E-state index contributed by atoms with van der Waals surface area (Å²) in [5.74, 6) is 1.75. The fourth-order valence-corrected chi connectivity index (χ4v) is 3.61. The van der Waals surface area contributed by atoms with Crippen LogP contribution < -0.4 is 31.1 Å². The van der Waals surface area contributed by atoms with Crippen LogP contribution in [0.15, 0.2) is 77.8 Å². The molecular formula is C29H37BBrClN6O5. The van der Waals surface area contributed by atoms with E-state index in [-0.39, 0.29) is 18.3 Å². The summed E-state index contributed by atoms with van der Waals surface area (Å²) in [5, 5.41) is 0.435. The molecule has 4 aromatic heterocycles. The fourth-order valence-electron chi connectivity index (χ4n) is 3.11. The molecule has 0 saturated carbocycles. The van der Waals surface area contributed by atoms with Gasteiger partial charge in [-0.3, -0.25) is 0 Å². The van der Waals surface area contributed by atoms with Gasteiger partial charge in [-0.15, -0.1) is 0 Å². The quantitative estimate of drug-likeness (QED) is 0.216. The van der Waals surface area contributed by atoms with Crippen LogP contribution in [-0.4, -0.2) is 59.6 Å². The van der Waals surface area contributed by atoms with Crippen molar-refractivity contribution >= 4 is 51.5 Å². The highest BCUT2D eigenvalue weighted by Gasteiger charge is 2.51. The highest BCUT2D eigenvalue weighted by molar-refractivity contribution is 9.10. The molecule has 0 atom stereocenters. The molecule has 1 fully saturated rings. The number of pyridine rings is 4. The second-order valence-corrected chi connectivity index (χ2v) is 11.1. The molecule has 0 radical (unpaired) electrons. The molecule has 43 heavy (non-hydrogen) atoms. The first-order valence-electron chi connectivity index (χ1n) is 12.9. The predicted octanol–water partition coefficient (Wildman–Crippen LogP) is 5.23. The number of nitrogen functional groups attached to an aromatic ring is 2. The molecule has 0 bridgehead atoms. The van der Waals surface area contributed by atoms with Gasteiger partial charge in [0, 0.05) is 58.8 Å². The smallest absolute Gasteiger partial charge is 0.481 e. The summed E-state index contributed by atoms with van der Waals surface area (Å²) in [5.41, 5.74) is 12.3. The van der Waals surface area contributed by atoms with Gasteiger partial charge in [0.15, 0.2) is 0 Å². The average Bonchev–Trinajstić information content (AvgIpc) is 3.20. The van der Waals surface area contributed by atoms with Crippen LogP contribution in [0.2, 0.25) is 5.15 Å². The molecule has 230 valence electrons. The Morgan fingerprint density at radius 2 is 1.12 bits per heavy atom. The summed E-state index contributed by atoms with van der Waals surface area (Å²) in [7, 11) is 4.38. The molecule has 1 aliphatic rings. The minimum atomic E-state index is -0.364. The third-order valence-corrected chi connectivity index (χ3v) is 6.82. The van der Waals surface area contributed by atoms with Crippen molar-refractivity contribution < 1.29 is 23.5 Å². The Morgan fingerprint density at radius 1 is 0.674 bits per heavy atom. The normalized spacial score (nSPS) is 14.0. The summed E-state index contributed by atoms with van der Waals surface area (Å²) in [6.45, 7) is 8.13. The number of methoxy groups -OCH3 is 3. The summed E-state index contributed by atoms with van der Waals surface area (Å²) in [4.78, 5) is 15.6. The predicted molar refractivity (Wildman–Crippen MR) is 174 cm³/mol. The van der Waals surface area contributed by atoms with Gasteiger partial charge in [-0.1, -0.05) is 27.5 Å². The minimum Gasteiger partial charge on any atom is -0.481 e. The average molecular weight is 676 g/mol. The zero-order chi connectivity index (χ0) is 32.0. The first-order valence-corrected chi connectivity index (χ1v) is 14.1. The van der Waals surface area contributed by atoms with Crippen LogP contribution in [0.5, 0.6) is 17.6 Å². The maximum Gasteiger partial charge on any atom is 0.495 e. The Morgan fingerprint density at radius 3 is 1.51 bits per heavy atom. The van der Waals surface area contributed by atoms with Crippen LogP contribution in [-0.2, 0) is 9.31 Å². The number of hydrogen-bond acceptors (Lipinski definition) is 11.